The number of nitrogens with one attached hydrogen (secondary N) is 1. The molecule has 2 aliphatic heterocycles. The smallest absolute Gasteiger partial charge is 0.321 e. The minimum atomic E-state index is -0.255. The van der Waals surface area contributed by atoms with Crippen molar-refractivity contribution in [3.63, 3.8) is 0 Å². The van der Waals surface area contributed by atoms with Gasteiger partial charge in [-0.15, -0.1) is 11.3 Å². The number of hydrogen-bond acceptors (Lipinski definition) is 8. The molecule has 0 aliphatic carbocycles. The number of piperazine rings is 1. The number of anilines is 3. The first kappa shape index (κ1) is 21.4. The van der Waals surface area contributed by atoms with E-state index in [1.165, 1.54) is 11.3 Å². The van der Waals surface area contributed by atoms with Crippen LogP contribution >= 0.6 is 11.3 Å². The first-order valence-electron chi connectivity index (χ1n) is 10.9. The third-order valence-electron chi connectivity index (χ3n) is 5.80. The second kappa shape index (κ2) is 8.18. The van der Waals surface area contributed by atoms with E-state index in [2.05, 4.69) is 20.2 Å². The van der Waals surface area contributed by atoms with E-state index < -0.39 is 0 Å². The number of nitrogen functional groups attached to an aromatic ring is 1. The monoisotopic (exact) mass is 465 g/mol. The molecule has 2 aliphatic rings. The molecule has 2 amide bonds. The molecular formula is C23H27N7O2S. The molecule has 10 heteroatoms. The molecule has 3 aromatic rings. The van der Waals surface area contributed by atoms with Crippen molar-refractivity contribution in [1.29, 1.82) is 0 Å². The van der Waals surface area contributed by atoms with Gasteiger partial charge in [0.25, 0.3) is 0 Å². The Morgan fingerprint density at radius 3 is 2.55 bits per heavy atom. The Hall–Kier alpha value is -3.40. The number of benzene rings is 1. The zero-order chi connectivity index (χ0) is 23.2. The third kappa shape index (κ3) is 4.30. The zero-order valence-electron chi connectivity index (χ0n) is 19.0. The molecule has 0 spiro atoms. The number of fused-ring (bicyclic) bond motifs is 1. The van der Waals surface area contributed by atoms with E-state index in [9.17, 15) is 4.79 Å². The van der Waals surface area contributed by atoms with Crippen LogP contribution in [-0.4, -0.2) is 65.1 Å². The maximum absolute atomic E-state index is 12.7. The van der Waals surface area contributed by atoms with Crippen LogP contribution < -0.4 is 16.0 Å². The van der Waals surface area contributed by atoms with E-state index in [-0.39, 0.29) is 17.5 Å². The van der Waals surface area contributed by atoms with Crippen LogP contribution in [0.2, 0.25) is 0 Å². The van der Waals surface area contributed by atoms with Crippen LogP contribution in [0.4, 0.5) is 22.2 Å². The number of carbonyl (C=O) groups is 1. The third-order valence-corrected chi connectivity index (χ3v) is 6.67. The second-order valence-corrected chi connectivity index (χ2v) is 9.88. The van der Waals surface area contributed by atoms with Crippen molar-refractivity contribution in [2.24, 2.45) is 4.99 Å². The highest BCUT2D eigenvalue weighted by molar-refractivity contribution is 7.17. The minimum absolute atomic E-state index is 0.0991. The molecule has 0 saturated carbocycles. The van der Waals surface area contributed by atoms with Crippen LogP contribution in [-0.2, 0) is 4.74 Å². The Morgan fingerprint density at radius 2 is 1.88 bits per heavy atom. The number of rotatable bonds is 3. The summed E-state index contributed by atoms with van der Waals surface area (Å²) in [6.45, 7) is 9.09. The van der Waals surface area contributed by atoms with Gasteiger partial charge in [-0.25, -0.2) is 14.8 Å². The van der Waals surface area contributed by atoms with Gasteiger partial charge in [-0.3, -0.25) is 0 Å². The Kier molecular flexibility index (Phi) is 5.32. The minimum Gasteiger partial charge on any atom is -0.475 e. The predicted molar refractivity (Wildman–Crippen MR) is 132 cm³/mol. The lowest BCUT2D eigenvalue weighted by atomic mass is 10.1. The maximum atomic E-state index is 12.7. The van der Waals surface area contributed by atoms with Crippen molar-refractivity contribution in [1.82, 2.24) is 14.9 Å². The van der Waals surface area contributed by atoms with Gasteiger partial charge in [-0.1, -0.05) is 17.7 Å². The van der Waals surface area contributed by atoms with Crippen molar-refractivity contribution in [2.75, 3.05) is 48.7 Å². The quantitative estimate of drug-likeness (QED) is 0.613. The van der Waals surface area contributed by atoms with Crippen LogP contribution in [0.1, 0.15) is 25.0 Å². The molecule has 5 rings (SSSR count). The number of aromatic nitrogens is 2. The van der Waals surface area contributed by atoms with Gasteiger partial charge in [-0.05, 0) is 32.9 Å². The Balaban J connectivity index is 1.36. The summed E-state index contributed by atoms with van der Waals surface area (Å²) in [6, 6.07) is 7.69. The van der Waals surface area contributed by atoms with E-state index in [0.29, 0.717) is 38.7 Å². The standard InChI is InChI=1S/C23H27N7O2S/c1-14-4-6-15(7-5-14)25-22(31)30-10-8-29(9-11-30)18-17-16(19-28-23(2,3)13-32-19)12-33-20(17)27-21(24)26-18/h4-7,12H,8-11,13H2,1-3H3,(H,25,31)(H2,24,26,27). The molecule has 1 aromatic carbocycles. The number of carbonyl (C=O) groups excluding carboxylic acids is 1. The van der Waals surface area contributed by atoms with Crippen LogP contribution in [0.5, 0.6) is 0 Å². The van der Waals surface area contributed by atoms with Crippen LogP contribution in [0.15, 0.2) is 34.6 Å². The maximum Gasteiger partial charge on any atom is 0.321 e. The number of amides is 2. The second-order valence-electron chi connectivity index (χ2n) is 9.02. The summed E-state index contributed by atoms with van der Waals surface area (Å²) in [6.07, 6.45) is 0. The van der Waals surface area contributed by atoms with Crippen LogP contribution in [0, 0.1) is 6.92 Å². The summed E-state index contributed by atoms with van der Waals surface area (Å²) in [5, 5.41) is 5.89. The molecule has 0 unspecified atom stereocenters. The highest BCUT2D eigenvalue weighted by Crippen LogP contribution is 2.35. The van der Waals surface area contributed by atoms with E-state index in [1.54, 1.807) is 0 Å². The van der Waals surface area contributed by atoms with Crippen molar-refractivity contribution < 1.29 is 9.53 Å². The molecule has 0 radical (unpaired) electrons. The highest BCUT2D eigenvalue weighted by atomic mass is 32.1. The fourth-order valence-electron chi connectivity index (χ4n) is 4.01. The largest absolute Gasteiger partial charge is 0.475 e. The molecule has 9 nitrogen and oxygen atoms in total. The first-order chi connectivity index (χ1) is 15.8. The Morgan fingerprint density at radius 1 is 1.15 bits per heavy atom. The Labute approximate surface area is 196 Å². The number of thiophene rings is 1. The lowest BCUT2D eigenvalue weighted by molar-refractivity contribution is 0.208. The van der Waals surface area contributed by atoms with Gasteiger partial charge in [0.1, 0.15) is 17.3 Å². The number of hydrogen-bond donors (Lipinski definition) is 2. The average Bonchev–Trinajstić information content (AvgIpc) is 3.37. The van der Waals surface area contributed by atoms with Crippen molar-refractivity contribution in [2.45, 2.75) is 26.3 Å². The molecule has 4 heterocycles. The average molecular weight is 466 g/mol. The van der Waals surface area contributed by atoms with Gasteiger partial charge < -0.3 is 25.6 Å². The van der Waals surface area contributed by atoms with Crippen molar-refractivity contribution in [3.8, 4) is 0 Å². The lowest BCUT2D eigenvalue weighted by Gasteiger charge is -2.35. The van der Waals surface area contributed by atoms with Gasteiger partial charge in [0, 0.05) is 37.2 Å². The molecule has 1 saturated heterocycles. The first-order valence-corrected chi connectivity index (χ1v) is 11.8. The van der Waals surface area contributed by atoms with Gasteiger partial charge in [0.15, 0.2) is 0 Å². The van der Waals surface area contributed by atoms with E-state index in [4.69, 9.17) is 15.5 Å². The summed E-state index contributed by atoms with van der Waals surface area (Å²) in [4.78, 5) is 31.3. The van der Waals surface area contributed by atoms with Gasteiger partial charge in [0.05, 0.1) is 16.5 Å². The van der Waals surface area contributed by atoms with Crippen LogP contribution in [0.3, 0.4) is 0 Å². The lowest BCUT2D eigenvalue weighted by Crippen LogP contribution is -2.50. The summed E-state index contributed by atoms with van der Waals surface area (Å²) in [5.41, 5.74) is 8.62. The van der Waals surface area contributed by atoms with E-state index in [0.717, 1.165) is 32.8 Å². The topological polar surface area (TPSA) is 109 Å². The molecule has 0 bridgehead atoms. The molecule has 1 fully saturated rings. The summed E-state index contributed by atoms with van der Waals surface area (Å²) in [7, 11) is 0. The molecule has 33 heavy (non-hydrogen) atoms. The number of urea groups is 1. The van der Waals surface area contributed by atoms with Gasteiger partial charge in [-0.2, -0.15) is 4.98 Å². The van der Waals surface area contributed by atoms with Gasteiger partial charge >= 0.3 is 6.03 Å². The normalized spacial score (nSPS) is 17.7. The summed E-state index contributed by atoms with van der Waals surface area (Å²) >= 11 is 1.51. The number of nitrogens with two attached hydrogens (primary N) is 1. The molecular weight excluding hydrogens is 438 g/mol. The van der Waals surface area contributed by atoms with Gasteiger partial charge in [0.2, 0.25) is 11.8 Å². The number of nitrogens with zero attached hydrogens (tertiary/aromatic N) is 5. The molecule has 3 N–H and O–H groups in total. The molecule has 172 valence electrons. The van der Waals surface area contributed by atoms with Crippen molar-refractivity contribution >= 4 is 50.9 Å². The predicted octanol–water partition coefficient (Wildman–Crippen LogP) is 3.49. The fraction of sp³-hybridized carbons (Fsp3) is 0.391. The summed E-state index contributed by atoms with van der Waals surface area (Å²) in [5.74, 6) is 1.63. The van der Waals surface area contributed by atoms with E-state index >= 15 is 0 Å². The van der Waals surface area contributed by atoms with Crippen molar-refractivity contribution in [3.05, 3.63) is 40.8 Å². The number of aryl methyl sites for hydroxylation is 1. The number of ether oxygens (including phenoxy) is 1. The van der Waals surface area contributed by atoms with E-state index in [1.807, 2.05) is 55.3 Å². The Bertz CT molecular complexity index is 1230. The fourth-order valence-corrected chi connectivity index (χ4v) is 4.92. The van der Waals surface area contributed by atoms with Crippen LogP contribution in [0.25, 0.3) is 10.2 Å². The summed E-state index contributed by atoms with van der Waals surface area (Å²) < 4.78 is 5.90. The SMILES string of the molecule is Cc1ccc(NC(=O)N2CCN(c3nc(N)nc4scc(C5=NC(C)(C)CO5)c34)CC2)cc1. The highest BCUT2D eigenvalue weighted by Gasteiger charge is 2.31. The number of aliphatic imine (C=N–C) groups is 1. The molecule has 2 aromatic heterocycles. The molecule has 0 atom stereocenters. The zero-order valence-corrected chi connectivity index (χ0v) is 19.8.